The van der Waals surface area contributed by atoms with Gasteiger partial charge >= 0.3 is 0 Å². The molecule has 3 unspecified atom stereocenters. The lowest BCUT2D eigenvalue weighted by molar-refractivity contribution is 0.508. The highest BCUT2D eigenvalue weighted by Crippen LogP contribution is 2.11. The van der Waals surface area contributed by atoms with Gasteiger partial charge in [0, 0.05) is 27.8 Å². The van der Waals surface area contributed by atoms with E-state index in [4.69, 9.17) is 0 Å². The molecule has 3 atom stereocenters. The van der Waals surface area contributed by atoms with Gasteiger partial charge < -0.3 is 5.32 Å². The van der Waals surface area contributed by atoms with E-state index >= 15 is 0 Å². The van der Waals surface area contributed by atoms with Crippen LogP contribution in [0.3, 0.4) is 0 Å². The molecule has 0 aromatic carbocycles. The molecule has 1 N–H and O–H groups in total. The minimum Gasteiger partial charge on any atom is -0.315 e. The minimum absolute atomic E-state index is 0.339. The molecule has 2 nitrogen and oxygen atoms in total. The Hall–Kier alpha value is 0.110. The van der Waals surface area contributed by atoms with Crippen LogP contribution in [0.25, 0.3) is 0 Å². The van der Waals surface area contributed by atoms with Crippen LogP contribution < -0.4 is 5.32 Å². The van der Waals surface area contributed by atoms with Crippen LogP contribution >= 0.6 is 0 Å². The molecule has 0 aromatic rings. The van der Waals surface area contributed by atoms with Crippen molar-refractivity contribution in [3.8, 4) is 0 Å². The third kappa shape index (κ3) is 7.39. The van der Waals surface area contributed by atoms with Crippen molar-refractivity contribution in [3.63, 3.8) is 0 Å². The summed E-state index contributed by atoms with van der Waals surface area (Å²) >= 11 is 0. The lowest BCUT2D eigenvalue weighted by atomic mass is 10.1. The van der Waals surface area contributed by atoms with E-state index in [0.29, 0.717) is 17.2 Å². The van der Waals surface area contributed by atoms with Gasteiger partial charge in [0.05, 0.1) is 0 Å². The molecule has 3 heteroatoms. The molecule has 0 aromatic heterocycles. The van der Waals surface area contributed by atoms with Crippen LogP contribution in [0.4, 0.5) is 0 Å². The molecule has 0 aliphatic carbocycles. The Morgan fingerprint density at radius 3 is 2.25 bits per heavy atom. The first-order valence-electron chi connectivity index (χ1n) is 6.59. The number of nitrogens with one attached hydrogen (secondary N) is 1. The quantitative estimate of drug-likeness (QED) is 0.635. The summed E-state index contributed by atoms with van der Waals surface area (Å²) in [7, 11) is -0.634. The van der Waals surface area contributed by atoms with E-state index in [9.17, 15) is 4.21 Å². The van der Waals surface area contributed by atoms with Crippen LogP contribution in [0.2, 0.25) is 0 Å². The van der Waals surface area contributed by atoms with Gasteiger partial charge in [0.15, 0.2) is 0 Å². The fourth-order valence-corrected chi connectivity index (χ4v) is 3.10. The van der Waals surface area contributed by atoms with Gasteiger partial charge in [-0.3, -0.25) is 4.21 Å². The molecule has 16 heavy (non-hydrogen) atoms. The van der Waals surface area contributed by atoms with Gasteiger partial charge in [0.2, 0.25) is 0 Å². The average Bonchev–Trinajstić information content (AvgIpc) is 2.23. The maximum absolute atomic E-state index is 11.9. The van der Waals surface area contributed by atoms with Crippen molar-refractivity contribution >= 4 is 10.8 Å². The zero-order chi connectivity index (χ0) is 12.6. The molecule has 0 saturated carbocycles. The minimum atomic E-state index is -0.634. The Morgan fingerprint density at radius 2 is 1.75 bits per heavy atom. The smallest absolute Gasteiger partial charge is 0.0342 e. The van der Waals surface area contributed by atoms with Crippen molar-refractivity contribution < 1.29 is 4.21 Å². The molecule has 0 aliphatic heterocycles. The summed E-state index contributed by atoms with van der Waals surface area (Å²) in [6.45, 7) is 11.8. The average molecular weight is 247 g/mol. The van der Waals surface area contributed by atoms with Crippen LogP contribution in [0, 0.1) is 5.92 Å². The van der Waals surface area contributed by atoms with Crippen molar-refractivity contribution in [3.05, 3.63) is 0 Å². The molecule has 0 heterocycles. The molecular formula is C13H29NOS. The van der Waals surface area contributed by atoms with E-state index in [2.05, 4.69) is 39.9 Å². The van der Waals surface area contributed by atoms with Crippen molar-refractivity contribution in [1.29, 1.82) is 0 Å². The Morgan fingerprint density at radius 1 is 1.12 bits per heavy atom. The number of unbranched alkanes of at least 4 members (excludes halogenated alkanes) is 1. The molecule has 98 valence electrons. The fraction of sp³-hybridized carbons (Fsp3) is 1.00. The van der Waals surface area contributed by atoms with E-state index in [-0.39, 0.29) is 0 Å². The van der Waals surface area contributed by atoms with Crippen LogP contribution in [0.5, 0.6) is 0 Å². The number of rotatable bonds is 9. The predicted octanol–water partition coefficient (Wildman–Crippen LogP) is 2.95. The number of hydrogen-bond donors (Lipinski definition) is 1. The maximum atomic E-state index is 11.9. The largest absolute Gasteiger partial charge is 0.315 e. The molecule has 0 rings (SSSR count). The van der Waals surface area contributed by atoms with Crippen molar-refractivity contribution in [2.24, 2.45) is 5.92 Å². The van der Waals surface area contributed by atoms with Gasteiger partial charge in [-0.15, -0.1) is 0 Å². The molecular weight excluding hydrogens is 218 g/mol. The summed E-state index contributed by atoms with van der Waals surface area (Å²) in [4.78, 5) is 0. The van der Waals surface area contributed by atoms with Gasteiger partial charge in [0.1, 0.15) is 0 Å². The summed E-state index contributed by atoms with van der Waals surface area (Å²) in [6, 6.07) is 0.598. The van der Waals surface area contributed by atoms with Gasteiger partial charge in [-0.25, -0.2) is 0 Å². The molecule has 0 aliphatic rings. The first-order valence-corrected chi connectivity index (χ1v) is 7.97. The van der Waals surface area contributed by atoms with E-state index in [1.165, 1.54) is 12.8 Å². The predicted molar refractivity (Wildman–Crippen MR) is 74.3 cm³/mol. The summed E-state index contributed by atoms with van der Waals surface area (Å²) < 4.78 is 11.9. The van der Waals surface area contributed by atoms with E-state index in [1.807, 2.05) is 0 Å². The first-order chi connectivity index (χ1) is 7.49. The van der Waals surface area contributed by atoms with E-state index in [0.717, 1.165) is 18.7 Å². The Kier molecular flexibility index (Phi) is 9.24. The topological polar surface area (TPSA) is 29.1 Å². The SMILES string of the molecule is CCNC(C)CCCCS(=O)C(C)C(C)C. The Balaban J connectivity index is 3.55. The van der Waals surface area contributed by atoms with Crippen LogP contribution in [-0.4, -0.2) is 27.8 Å². The maximum Gasteiger partial charge on any atom is 0.0342 e. The summed E-state index contributed by atoms with van der Waals surface area (Å²) in [5.41, 5.74) is 0. The van der Waals surface area contributed by atoms with Crippen molar-refractivity contribution in [2.75, 3.05) is 12.3 Å². The second kappa shape index (κ2) is 9.17. The monoisotopic (exact) mass is 247 g/mol. The van der Waals surface area contributed by atoms with E-state index in [1.54, 1.807) is 0 Å². The lowest BCUT2D eigenvalue weighted by Gasteiger charge is -2.15. The molecule has 0 spiro atoms. The normalized spacial score (nSPS) is 17.4. The summed E-state index contributed by atoms with van der Waals surface area (Å²) in [5, 5.41) is 3.74. The second-order valence-corrected chi connectivity index (χ2v) is 6.90. The molecule has 0 radical (unpaired) electrons. The molecule has 0 amide bonds. The highest BCUT2D eigenvalue weighted by Gasteiger charge is 2.14. The van der Waals surface area contributed by atoms with Crippen LogP contribution in [0.1, 0.15) is 53.9 Å². The Labute approximate surface area is 104 Å². The van der Waals surface area contributed by atoms with E-state index < -0.39 is 10.8 Å². The Bertz CT molecular complexity index is 194. The third-order valence-electron chi connectivity index (χ3n) is 3.14. The standard InChI is InChI=1S/C13H29NOS/c1-6-14-12(4)9-7-8-10-16(15)13(5)11(2)3/h11-14H,6-10H2,1-5H3. The zero-order valence-corrected chi connectivity index (χ0v) is 12.4. The summed E-state index contributed by atoms with van der Waals surface area (Å²) in [6.07, 6.45) is 3.48. The second-order valence-electron chi connectivity index (χ2n) is 4.99. The van der Waals surface area contributed by atoms with Gasteiger partial charge in [-0.2, -0.15) is 0 Å². The molecule has 0 fully saturated rings. The number of hydrogen-bond acceptors (Lipinski definition) is 2. The van der Waals surface area contributed by atoms with Gasteiger partial charge in [0.25, 0.3) is 0 Å². The first kappa shape index (κ1) is 16.1. The van der Waals surface area contributed by atoms with Gasteiger partial charge in [-0.05, 0) is 32.2 Å². The van der Waals surface area contributed by atoms with Crippen molar-refractivity contribution in [1.82, 2.24) is 5.32 Å². The highest BCUT2D eigenvalue weighted by molar-refractivity contribution is 7.85. The lowest BCUT2D eigenvalue weighted by Crippen LogP contribution is -2.25. The van der Waals surface area contributed by atoms with Gasteiger partial charge in [-0.1, -0.05) is 34.1 Å². The highest BCUT2D eigenvalue weighted by atomic mass is 32.2. The summed E-state index contributed by atoms with van der Waals surface area (Å²) in [5.74, 6) is 1.40. The van der Waals surface area contributed by atoms with Crippen molar-refractivity contribution in [2.45, 2.75) is 65.2 Å². The third-order valence-corrected chi connectivity index (χ3v) is 5.20. The fourth-order valence-electron chi connectivity index (χ4n) is 1.63. The molecule has 0 bridgehead atoms. The van der Waals surface area contributed by atoms with Crippen LogP contribution in [0.15, 0.2) is 0 Å². The zero-order valence-electron chi connectivity index (χ0n) is 11.6. The van der Waals surface area contributed by atoms with Crippen LogP contribution in [-0.2, 0) is 10.8 Å². The molecule has 0 saturated heterocycles.